The van der Waals surface area contributed by atoms with Crippen molar-refractivity contribution in [1.82, 2.24) is 15.0 Å². The van der Waals surface area contributed by atoms with E-state index in [1.807, 2.05) is 0 Å². The summed E-state index contributed by atoms with van der Waals surface area (Å²) in [7, 11) is 0. The molecule has 3 rings (SSSR count). The van der Waals surface area contributed by atoms with Crippen LogP contribution in [0, 0.1) is 5.82 Å². The molecule has 0 bridgehead atoms. The molecule has 0 N–H and O–H groups in total. The normalized spacial score (nSPS) is 15.4. The van der Waals surface area contributed by atoms with Crippen LogP contribution in [0.25, 0.3) is 11.4 Å². The summed E-state index contributed by atoms with van der Waals surface area (Å²) >= 11 is 0. The van der Waals surface area contributed by atoms with E-state index in [4.69, 9.17) is 4.74 Å². The molecule has 2 aromatic heterocycles. The number of anilines is 1. The van der Waals surface area contributed by atoms with Gasteiger partial charge < -0.3 is 4.74 Å². The quantitative estimate of drug-likeness (QED) is 0.818. The Morgan fingerprint density at radius 2 is 2.25 bits per heavy atom. The highest BCUT2D eigenvalue weighted by atomic mass is 19.1. The summed E-state index contributed by atoms with van der Waals surface area (Å²) < 4.78 is 18.7. The summed E-state index contributed by atoms with van der Waals surface area (Å²) in [5.41, 5.74) is 0.476. The third kappa shape index (κ3) is 2.35. The van der Waals surface area contributed by atoms with Crippen LogP contribution in [0.15, 0.2) is 30.7 Å². The SMILES string of the molecule is O=C1COCCN1c1cccc(-c2ncncc2F)n1. The number of pyridine rings is 1. The lowest BCUT2D eigenvalue weighted by Crippen LogP contribution is -2.42. The fraction of sp³-hybridized carbons (Fsp3) is 0.231. The predicted octanol–water partition coefficient (Wildman–Crippen LogP) is 1.04. The van der Waals surface area contributed by atoms with Crippen LogP contribution in [-0.2, 0) is 9.53 Å². The maximum Gasteiger partial charge on any atom is 0.254 e. The molecule has 0 atom stereocenters. The molecule has 0 saturated carbocycles. The third-order valence-corrected chi connectivity index (χ3v) is 2.91. The average molecular weight is 274 g/mol. The lowest BCUT2D eigenvalue weighted by Gasteiger charge is -2.26. The van der Waals surface area contributed by atoms with Gasteiger partial charge in [-0.05, 0) is 12.1 Å². The molecule has 0 radical (unpaired) electrons. The minimum Gasteiger partial charge on any atom is -0.370 e. The highest BCUT2D eigenvalue weighted by molar-refractivity contribution is 5.94. The van der Waals surface area contributed by atoms with Gasteiger partial charge in [0.2, 0.25) is 0 Å². The molecule has 1 aliphatic heterocycles. The van der Waals surface area contributed by atoms with Crippen molar-refractivity contribution in [2.24, 2.45) is 0 Å². The molecule has 1 saturated heterocycles. The number of amides is 1. The van der Waals surface area contributed by atoms with Crippen LogP contribution in [0.3, 0.4) is 0 Å². The minimum atomic E-state index is -0.551. The van der Waals surface area contributed by atoms with Crippen LogP contribution in [0.2, 0.25) is 0 Å². The molecule has 0 spiro atoms. The van der Waals surface area contributed by atoms with E-state index >= 15 is 0 Å². The van der Waals surface area contributed by atoms with Gasteiger partial charge in [-0.25, -0.2) is 19.3 Å². The molecular weight excluding hydrogens is 263 g/mol. The van der Waals surface area contributed by atoms with Gasteiger partial charge >= 0.3 is 0 Å². The van der Waals surface area contributed by atoms with E-state index in [2.05, 4.69) is 15.0 Å². The molecule has 7 heteroatoms. The van der Waals surface area contributed by atoms with Gasteiger partial charge in [-0.15, -0.1) is 0 Å². The average Bonchev–Trinajstić information content (AvgIpc) is 2.48. The predicted molar refractivity (Wildman–Crippen MR) is 68.4 cm³/mol. The van der Waals surface area contributed by atoms with Crippen LogP contribution in [0.5, 0.6) is 0 Å². The first-order valence-corrected chi connectivity index (χ1v) is 6.07. The molecule has 1 amide bonds. The highest BCUT2D eigenvalue weighted by Crippen LogP contribution is 2.21. The zero-order chi connectivity index (χ0) is 13.9. The van der Waals surface area contributed by atoms with Crippen LogP contribution < -0.4 is 4.90 Å². The Hall–Kier alpha value is -2.41. The van der Waals surface area contributed by atoms with Crippen molar-refractivity contribution >= 4 is 11.7 Å². The highest BCUT2D eigenvalue weighted by Gasteiger charge is 2.21. The van der Waals surface area contributed by atoms with E-state index in [0.29, 0.717) is 24.7 Å². The van der Waals surface area contributed by atoms with Crippen LogP contribution in [0.4, 0.5) is 10.2 Å². The number of nitrogens with zero attached hydrogens (tertiary/aromatic N) is 4. The Balaban J connectivity index is 1.98. The van der Waals surface area contributed by atoms with E-state index in [9.17, 15) is 9.18 Å². The van der Waals surface area contributed by atoms with Crippen molar-refractivity contribution in [3.8, 4) is 11.4 Å². The second-order valence-electron chi connectivity index (χ2n) is 4.20. The smallest absolute Gasteiger partial charge is 0.254 e. The maximum atomic E-state index is 13.7. The van der Waals surface area contributed by atoms with Crippen molar-refractivity contribution in [2.75, 3.05) is 24.7 Å². The van der Waals surface area contributed by atoms with Crippen LogP contribution in [0.1, 0.15) is 0 Å². The summed E-state index contributed by atoms with van der Waals surface area (Å²) in [6, 6.07) is 5.05. The zero-order valence-electron chi connectivity index (χ0n) is 10.5. The molecule has 3 heterocycles. The van der Waals surface area contributed by atoms with Crippen molar-refractivity contribution in [1.29, 1.82) is 0 Å². The van der Waals surface area contributed by atoms with E-state index < -0.39 is 5.82 Å². The summed E-state index contributed by atoms with van der Waals surface area (Å²) in [4.78, 5) is 25.1. The fourth-order valence-corrected chi connectivity index (χ4v) is 1.97. The summed E-state index contributed by atoms with van der Waals surface area (Å²) in [5.74, 6) is -0.247. The maximum absolute atomic E-state index is 13.7. The number of carbonyl (C=O) groups excluding carboxylic acids is 1. The van der Waals surface area contributed by atoms with Gasteiger partial charge in [0, 0.05) is 0 Å². The summed E-state index contributed by atoms with van der Waals surface area (Å²) in [6.07, 6.45) is 2.34. The Morgan fingerprint density at radius 1 is 1.35 bits per heavy atom. The van der Waals surface area contributed by atoms with E-state index in [0.717, 1.165) is 6.20 Å². The van der Waals surface area contributed by atoms with Gasteiger partial charge in [0.05, 0.1) is 25.0 Å². The van der Waals surface area contributed by atoms with Crippen molar-refractivity contribution in [3.63, 3.8) is 0 Å². The summed E-state index contributed by atoms with van der Waals surface area (Å²) in [5, 5.41) is 0. The molecule has 1 fully saturated rings. The molecule has 2 aromatic rings. The first-order chi connectivity index (χ1) is 9.75. The van der Waals surface area contributed by atoms with Gasteiger partial charge in [-0.3, -0.25) is 9.69 Å². The lowest BCUT2D eigenvalue weighted by molar-refractivity contribution is -0.125. The first-order valence-electron chi connectivity index (χ1n) is 6.07. The molecular formula is C13H11FN4O2. The third-order valence-electron chi connectivity index (χ3n) is 2.91. The molecule has 6 nitrogen and oxygen atoms in total. The second kappa shape index (κ2) is 5.30. The Kier molecular flexibility index (Phi) is 3.34. The fourth-order valence-electron chi connectivity index (χ4n) is 1.97. The number of hydrogen-bond acceptors (Lipinski definition) is 5. The van der Waals surface area contributed by atoms with Gasteiger partial charge in [-0.2, -0.15) is 0 Å². The van der Waals surface area contributed by atoms with Crippen LogP contribution >= 0.6 is 0 Å². The van der Waals surface area contributed by atoms with Crippen LogP contribution in [-0.4, -0.2) is 40.6 Å². The minimum absolute atomic E-state index is 0.0355. The zero-order valence-corrected chi connectivity index (χ0v) is 10.5. The molecule has 0 aliphatic carbocycles. The standard InChI is InChI=1S/C13H11FN4O2/c14-9-6-15-8-16-13(9)10-2-1-3-11(17-10)18-4-5-20-7-12(18)19/h1-3,6,8H,4-5,7H2. The Morgan fingerprint density at radius 3 is 3.05 bits per heavy atom. The molecule has 0 unspecified atom stereocenters. The van der Waals surface area contributed by atoms with E-state index in [1.165, 1.54) is 11.2 Å². The van der Waals surface area contributed by atoms with Gasteiger partial charge in [-0.1, -0.05) is 6.07 Å². The number of morpholine rings is 1. The van der Waals surface area contributed by atoms with Gasteiger partial charge in [0.1, 0.15) is 24.4 Å². The molecule has 0 aromatic carbocycles. The number of hydrogen-bond donors (Lipinski definition) is 0. The van der Waals surface area contributed by atoms with Crippen molar-refractivity contribution in [3.05, 3.63) is 36.5 Å². The van der Waals surface area contributed by atoms with Crippen molar-refractivity contribution in [2.45, 2.75) is 0 Å². The molecule has 1 aliphatic rings. The number of rotatable bonds is 2. The number of aromatic nitrogens is 3. The topological polar surface area (TPSA) is 68.2 Å². The largest absolute Gasteiger partial charge is 0.370 e. The van der Waals surface area contributed by atoms with Gasteiger partial charge in [0.25, 0.3) is 5.91 Å². The van der Waals surface area contributed by atoms with Crippen molar-refractivity contribution < 1.29 is 13.9 Å². The number of carbonyl (C=O) groups is 1. The number of ether oxygens (including phenoxy) is 1. The van der Waals surface area contributed by atoms with E-state index in [-0.39, 0.29) is 18.2 Å². The van der Waals surface area contributed by atoms with E-state index in [1.54, 1.807) is 18.2 Å². The summed E-state index contributed by atoms with van der Waals surface area (Å²) in [6.45, 7) is 0.925. The molecule has 102 valence electrons. The number of halogens is 1. The Labute approximate surface area is 114 Å². The van der Waals surface area contributed by atoms with Gasteiger partial charge in [0.15, 0.2) is 5.82 Å². The Bertz CT molecular complexity index is 650. The molecule has 20 heavy (non-hydrogen) atoms. The first kappa shape index (κ1) is 12.6. The lowest BCUT2D eigenvalue weighted by atomic mass is 10.2. The second-order valence-corrected chi connectivity index (χ2v) is 4.20. The monoisotopic (exact) mass is 274 g/mol.